The van der Waals surface area contributed by atoms with Crippen LogP contribution in [-0.4, -0.2) is 37.2 Å². The van der Waals surface area contributed by atoms with Crippen LogP contribution in [0.15, 0.2) is 158 Å². The number of hydrogen-bond acceptors (Lipinski definition) is 6. The van der Waals surface area contributed by atoms with Gasteiger partial charge in [-0.1, -0.05) is 243 Å². The molecule has 0 aliphatic carbocycles. The van der Waals surface area contributed by atoms with Crippen molar-refractivity contribution in [1.29, 1.82) is 0 Å². The molecule has 0 aromatic carbocycles. The van der Waals surface area contributed by atoms with Gasteiger partial charge in [-0.05, 0) is 96.3 Å². The van der Waals surface area contributed by atoms with Crippen molar-refractivity contribution >= 4 is 17.9 Å². The molecular formula is C63H96O6. The molecule has 1 atom stereocenters. The van der Waals surface area contributed by atoms with E-state index in [1.54, 1.807) is 0 Å². The molecule has 6 nitrogen and oxygen atoms in total. The Bertz CT molecular complexity index is 1610. The summed E-state index contributed by atoms with van der Waals surface area (Å²) in [6, 6.07) is 0. The lowest BCUT2D eigenvalue weighted by molar-refractivity contribution is -0.166. The Balaban J connectivity index is 4.64. The highest BCUT2D eigenvalue weighted by Crippen LogP contribution is 2.12. The molecule has 0 aromatic rings. The molecular weight excluding hydrogens is 853 g/mol. The molecule has 0 radical (unpaired) electrons. The molecule has 0 heterocycles. The second kappa shape index (κ2) is 55.6. The third-order valence-corrected chi connectivity index (χ3v) is 10.7. The van der Waals surface area contributed by atoms with E-state index in [1.165, 1.54) is 51.4 Å². The Morgan fingerprint density at radius 2 is 0.667 bits per heavy atom. The maximum Gasteiger partial charge on any atom is 0.306 e. The van der Waals surface area contributed by atoms with Crippen molar-refractivity contribution < 1.29 is 28.6 Å². The first-order chi connectivity index (χ1) is 34.0. The zero-order valence-corrected chi connectivity index (χ0v) is 43.8. The van der Waals surface area contributed by atoms with Gasteiger partial charge in [0.05, 0.1) is 0 Å². The number of carbonyl (C=O) groups excluding carboxylic acids is 3. The SMILES string of the molecule is CC\C=C/C=C\C=C/C=C\C=C\C=C/CCCCCC(=O)OC(COC(=O)CC/C=C\C/C=C\C/C=C\C/C=C\C/C=C\CC)COC(=O)CCCCCCC/C=C\C=C/CCCCCCCCC. The van der Waals surface area contributed by atoms with Crippen LogP contribution in [0.1, 0.15) is 201 Å². The molecule has 0 amide bonds. The summed E-state index contributed by atoms with van der Waals surface area (Å²) in [5.74, 6) is -1.09. The summed E-state index contributed by atoms with van der Waals surface area (Å²) in [6.45, 7) is 6.23. The van der Waals surface area contributed by atoms with Gasteiger partial charge in [-0.2, -0.15) is 0 Å². The van der Waals surface area contributed by atoms with Crippen LogP contribution in [-0.2, 0) is 28.6 Å². The zero-order chi connectivity index (χ0) is 50.0. The van der Waals surface area contributed by atoms with Gasteiger partial charge in [-0.15, -0.1) is 0 Å². The van der Waals surface area contributed by atoms with Crippen molar-refractivity contribution in [2.45, 2.75) is 207 Å². The number of esters is 3. The predicted molar refractivity (Wildman–Crippen MR) is 297 cm³/mol. The van der Waals surface area contributed by atoms with E-state index in [-0.39, 0.29) is 44.0 Å². The Kier molecular flexibility index (Phi) is 51.6. The van der Waals surface area contributed by atoms with Gasteiger partial charge in [-0.25, -0.2) is 0 Å². The van der Waals surface area contributed by atoms with Crippen molar-refractivity contribution in [1.82, 2.24) is 0 Å². The minimum atomic E-state index is -0.846. The summed E-state index contributed by atoms with van der Waals surface area (Å²) < 4.78 is 16.7. The smallest absolute Gasteiger partial charge is 0.306 e. The van der Waals surface area contributed by atoms with Gasteiger partial charge in [0.2, 0.25) is 0 Å². The van der Waals surface area contributed by atoms with Gasteiger partial charge in [0, 0.05) is 19.3 Å². The number of carbonyl (C=O) groups is 3. The van der Waals surface area contributed by atoms with E-state index in [4.69, 9.17) is 14.2 Å². The molecule has 6 heteroatoms. The lowest BCUT2D eigenvalue weighted by Crippen LogP contribution is -2.30. The zero-order valence-electron chi connectivity index (χ0n) is 43.8. The lowest BCUT2D eigenvalue weighted by atomic mass is 10.1. The van der Waals surface area contributed by atoms with Crippen LogP contribution in [0.25, 0.3) is 0 Å². The molecule has 0 N–H and O–H groups in total. The average molecular weight is 949 g/mol. The molecule has 69 heavy (non-hydrogen) atoms. The largest absolute Gasteiger partial charge is 0.462 e. The van der Waals surface area contributed by atoms with Crippen LogP contribution in [0, 0.1) is 0 Å². The van der Waals surface area contributed by atoms with Crippen LogP contribution in [0.5, 0.6) is 0 Å². The molecule has 0 spiro atoms. The third kappa shape index (κ3) is 53.8. The van der Waals surface area contributed by atoms with Crippen LogP contribution >= 0.6 is 0 Å². The maximum absolute atomic E-state index is 12.8. The van der Waals surface area contributed by atoms with Gasteiger partial charge < -0.3 is 14.2 Å². The second-order valence-electron chi connectivity index (χ2n) is 17.2. The summed E-state index contributed by atoms with van der Waals surface area (Å²) in [4.78, 5) is 38.1. The van der Waals surface area contributed by atoms with Crippen LogP contribution < -0.4 is 0 Å². The fourth-order valence-electron chi connectivity index (χ4n) is 6.69. The van der Waals surface area contributed by atoms with Gasteiger partial charge in [0.1, 0.15) is 13.2 Å². The molecule has 0 aromatic heterocycles. The fourth-order valence-corrected chi connectivity index (χ4v) is 6.69. The summed E-state index contributed by atoms with van der Waals surface area (Å²) in [7, 11) is 0. The molecule has 384 valence electrons. The molecule has 0 saturated heterocycles. The first-order valence-corrected chi connectivity index (χ1v) is 27.1. The third-order valence-electron chi connectivity index (χ3n) is 10.7. The van der Waals surface area contributed by atoms with E-state index in [2.05, 4.69) is 106 Å². The van der Waals surface area contributed by atoms with Crippen LogP contribution in [0.3, 0.4) is 0 Å². The van der Waals surface area contributed by atoms with Crippen molar-refractivity contribution in [3.05, 3.63) is 158 Å². The van der Waals surface area contributed by atoms with Crippen LogP contribution in [0.4, 0.5) is 0 Å². The Morgan fingerprint density at radius 3 is 1.14 bits per heavy atom. The van der Waals surface area contributed by atoms with Crippen LogP contribution in [0.2, 0.25) is 0 Å². The number of rotatable bonds is 46. The summed E-state index contributed by atoms with van der Waals surface area (Å²) in [5.41, 5.74) is 0. The Labute approximate surface area is 422 Å². The van der Waals surface area contributed by atoms with E-state index >= 15 is 0 Å². The van der Waals surface area contributed by atoms with Crippen molar-refractivity contribution in [3.8, 4) is 0 Å². The second-order valence-corrected chi connectivity index (χ2v) is 17.2. The fraction of sp³-hybridized carbons (Fsp3) is 0.540. The Morgan fingerprint density at radius 1 is 0.319 bits per heavy atom. The normalized spacial score (nSPS) is 13.4. The molecule has 0 fully saturated rings. The van der Waals surface area contributed by atoms with Crippen molar-refractivity contribution in [3.63, 3.8) is 0 Å². The van der Waals surface area contributed by atoms with Gasteiger partial charge in [-0.3, -0.25) is 14.4 Å². The highest BCUT2D eigenvalue weighted by molar-refractivity contribution is 5.71. The highest BCUT2D eigenvalue weighted by atomic mass is 16.6. The number of allylic oxidation sites excluding steroid dienone is 26. The molecule has 0 aliphatic heterocycles. The minimum absolute atomic E-state index is 0.135. The maximum atomic E-state index is 12.8. The topological polar surface area (TPSA) is 78.9 Å². The monoisotopic (exact) mass is 949 g/mol. The quantitative estimate of drug-likeness (QED) is 0.0199. The number of unbranched alkanes of at least 4 members (excludes halogenated alkanes) is 15. The summed E-state index contributed by atoms with van der Waals surface area (Å²) >= 11 is 0. The first kappa shape index (κ1) is 64.0. The van der Waals surface area contributed by atoms with Gasteiger partial charge >= 0.3 is 17.9 Å². The lowest BCUT2D eigenvalue weighted by Gasteiger charge is -2.18. The van der Waals surface area contributed by atoms with E-state index in [9.17, 15) is 14.4 Å². The van der Waals surface area contributed by atoms with Gasteiger partial charge in [0.25, 0.3) is 0 Å². The number of ether oxygens (including phenoxy) is 3. The molecule has 0 rings (SSSR count). The first-order valence-electron chi connectivity index (χ1n) is 27.1. The minimum Gasteiger partial charge on any atom is -0.462 e. The van der Waals surface area contributed by atoms with Crippen molar-refractivity contribution in [2.75, 3.05) is 13.2 Å². The Hall–Kier alpha value is -4.97. The van der Waals surface area contributed by atoms with E-state index in [0.29, 0.717) is 19.3 Å². The van der Waals surface area contributed by atoms with E-state index < -0.39 is 6.10 Å². The number of hydrogen-bond donors (Lipinski definition) is 0. The molecule has 0 bridgehead atoms. The standard InChI is InChI=1S/C63H96O6/c1-4-7-10-13-16-19-22-25-28-31-33-35-38-41-44-47-50-53-56-62(65)68-59-60(58-67-61(64)55-52-49-46-43-40-37-34-30-27-24-21-18-15-12-9-6-3)69-63(66)57-54-51-48-45-42-39-36-32-29-26-23-20-17-14-11-8-5-2/h8-9,11-12,14,17-18,20-21,23,26-33,35-37,39-40,42,46,49,60H,4-7,10,13,15-16,19,22,24-25,34,38,41,43-45,47-48,50-59H2,1-3H3/b11-8-,12-9-,17-14-,21-18-,23-20-,29-26-,30-27-,31-28-,35-33-,36-32+,40-37-,42-39-,49-46-. The predicted octanol–water partition coefficient (Wildman–Crippen LogP) is 18.2. The summed E-state index contributed by atoms with van der Waals surface area (Å²) in [6.07, 6.45) is 80.9. The van der Waals surface area contributed by atoms with Crippen molar-refractivity contribution in [2.24, 2.45) is 0 Å². The van der Waals surface area contributed by atoms with E-state index in [0.717, 1.165) is 96.3 Å². The van der Waals surface area contributed by atoms with Gasteiger partial charge in [0.15, 0.2) is 6.10 Å². The van der Waals surface area contributed by atoms with E-state index in [1.807, 2.05) is 72.9 Å². The highest BCUT2D eigenvalue weighted by Gasteiger charge is 2.19. The summed E-state index contributed by atoms with van der Waals surface area (Å²) in [5, 5.41) is 0. The molecule has 1 unspecified atom stereocenters. The average Bonchev–Trinajstić information content (AvgIpc) is 3.35. The molecule has 0 saturated carbocycles. The molecule has 0 aliphatic rings.